The molecule has 0 aliphatic heterocycles. The Balaban J connectivity index is 1.88. The fourth-order valence-electron chi connectivity index (χ4n) is 4.24. The molecule has 7 N–H and O–H groups in total. The summed E-state index contributed by atoms with van der Waals surface area (Å²) < 4.78 is 117. The third-order valence-corrected chi connectivity index (χ3v) is 11.7. The highest BCUT2D eigenvalue weighted by atomic mass is 32.2. The van der Waals surface area contributed by atoms with E-state index in [1.807, 2.05) is 0 Å². The van der Waals surface area contributed by atoms with Crippen LogP contribution in [0.4, 0.5) is 28.4 Å². The van der Waals surface area contributed by atoms with Gasteiger partial charge in [0.05, 0.1) is 57.0 Å². The number of azo groups is 2. The van der Waals surface area contributed by atoms with Gasteiger partial charge in [-0.2, -0.15) is 27.1 Å². The summed E-state index contributed by atoms with van der Waals surface area (Å²) in [4.78, 5) is -2.34. The summed E-state index contributed by atoms with van der Waals surface area (Å²) in [6, 6.07) is 10.7. The molecule has 0 fully saturated rings. The number of nitrogens with two attached hydrogens (primary N) is 1. The van der Waals surface area contributed by atoms with Crippen LogP contribution in [0.5, 0.6) is 5.75 Å². The van der Waals surface area contributed by atoms with E-state index in [0.29, 0.717) is 12.1 Å². The van der Waals surface area contributed by atoms with E-state index in [4.69, 9.17) is 15.9 Å². The Kier molecular flexibility index (Phi) is 10.3. The van der Waals surface area contributed by atoms with Crippen LogP contribution in [0.2, 0.25) is 0 Å². The lowest BCUT2D eigenvalue weighted by Crippen LogP contribution is -2.09. The fourth-order valence-corrected chi connectivity index (χ4v) is 7.62. The highest BCUT2D eigenvalue weighted by molar-refractivity contribution is 7.91. The molecule has 0 spiro atoms. The van der Waals surface area contributed by atoms with Crippen LogP contribution in [0, 0.1) is 0 Å². The summed E-state index contributed by atoms with van der Waals surface area (Å²) in [5.41, 5.74) is 3.86. The molecule has 18 nitrogen and oxygen atoms in total. The van der Waals surface area contributed by atoms with Crippen LogP contribution < -0.4 is 5.73 Å². The standard InChI is InChI=1S/C26H25N5O13S4/c27-23-22-15(13-20(47(39,40)41)24(23)30-28-16-1-5-18(6-2-16)45(35,36)11-9-32)14-21(48(42,43)44)25(26(22)34)31-29-17-3-7-19(8-4-17)46(37,38)12-10-33/h1-8,13-14,32-34H,9-12,27H2,(H,39,40,41)(H,42,43,44). The van der Waals surface area contributed by atoms with Crippen LogP contribution in [-0.2, 0) is 39.9 Å². The summed E-state index contributed by atoms with van der Waals surface area (Å²) >= 11 is 0. The van der Waals surface area contributed by atoms with Gasteiger partial charge >= 0.3 is 0 Å². The lowest BCUT2D eigenvalue weighted by atomic mass is 10.1. The average molecular weight is 744 g/mol. The second-order valence-electron chi connectivity index (χ2n) is 9.73. The number of anilines is 1. The van der Waals surface area contributed by atoms with E-state index in [1.165, 1.54) is 24.3 Å². The molecule has 4 aromatic carbocycles. The zero-order chi connectivity index (χ0) is 35.7. The molecule has 256 valence electrons. The van der Waals surface area contributed by atoms with Gasteiger partial charge in [-0.1, -0.05) is 0 Å². The first kappa shape index (κ1) is 36.4. The molecule has 0 radical (unpaired) electrons. The van der Waals surface area contributed by atoms with Crippen molar-refractivity contribution in [2.75, 3.05) is 30.5 Å². The van der Waals surface area contributed by atoms with Gasteiger partial charge in [0.25, 0.3) is 20.2 Å². The molecule has 4 aromatic rings. The topological polar surface area (TPSA) is 313 Å². The molecule has 0 amide bonds. The lowest BCUT2D eigenvalue weighted by molar-refractivity contribution is 0.319. The number of phenols is 1. The van der Waals surface area contributed by atoms with E-state index in [2.05, 4.69) is 20.5 Å². The van der Waals surface area contributed by atoms with Crippen molar-refractivity contribution in [2.45, 2.75) is 19.6 Å². The molecule has 0 bridgehead atoms. The minimum atomic E-state index is -5.19. The van der Waals surface area contributed by atoms with E-state index in [9.17, 15) is 47.9 Å². The number of rotatable bonds is 12. The van der Waals surface area contributed by atoms with Crippen molar-refractivity contribution < 1.29 is 58.1 Å². The maximum atomic E-state index is 12.3. The van der Waals surface area contributed by atoms with E-state index < -0.39 is 108 Å². The molecule has 4 rings (SSSR count). The van der Waals surface area contributed by atoms with Crippen LogP contribution in [0.1, 0.15) is 0 Å². The first-order valence-corrected chi connectivity index (χ1v) is 19.3. The van der Waals surface area contributed by atoms with Crippen molar-refractivity contribution in [1.82, 2.24) is 0 Å². The van der Waals surface area contributed by atoms with Crippen molar-refractivity contribution in [2.24, 2.45) is 20.5 Å². The quantitative estimate of drug-likeness (QED) is 0.0690. The van der Waals surface area contributed by atoms with Gasteiger partial charge in [-0.25, -0.2) is 16.8 Å². The van der Waals surface area contributed by atoms with Crippen LogP contribution in [0.3, 0.4) is 0 Å². The normalized spacial score (nSPS) is 13.2. The van der Waals surface area contributed by atoms with Gasteiger partial charge in [0.1, 0.15) is 21.2 Å². The average Bonchev–Trinajstić information content (AvgIpc) is 2.99. The van der Waals surface area contributed by atoms with Crippen LogP contribution in [-0.4, -0.2) is 82.8 Å². The Bertz CT molecular complexity index is 2230. The Labute approximate surface area is 273 Å². The van der Waals surface area contributed by atoms with Gasteiger partial charge in [-0.3, -0.25) is 9.11 Å². The lowest BCUT2D eigenvalue weighted by Gasteiger charge is -2.14. The largest absolute Gasteiger partial charge is 0.505 e. The van der Waals surface area contributed by atoms with Gasteiger partial charge < -0.3 is 21.1 Å². The molecule has 0 atom stereocenters. The smallest absolute Gasteiger partial charge is 0.296 e. The summed E-state index contributed by atoms with van der Waals surface area (Å²) in [6.07, 6.45) is 0. The Morgan fingerprint density at radius 1 is 0.583 bits per heavy atom. The Hall–Kier alpha value is -4.42. The van der Waals surface area contributed by atoms with Gasteiger partial charge in [-0.05, 0) is 66.0 Å². The number of aliphatic hydroxyl groups excluding tert-OH is 2. The van der Waals surface area contributed by atoms with Gasteiger partial charge in [0.2, 0.25) is 0 Å². The molecule has 0 saturated heterocycles. The Morgan fingerprint density at radius 3 is 1.33 bits per heavy atom. The van der Waals surface area contributed by atoms with Gasteiger partial charge in [0, 0.05) is 0 Å². The number of nitrogens with zero attached hydrogens (tertiary/aromatic N) is 4. The SMILES string of the molecule is Nc1c(N=Nc2ccc(S(=O)(=O)CCO)cc2)c(S(=O)(=O)O)cc2cc(S(=O)(=O)O)c(N=Nc3ccc(S(=O)(=O)CCO)cc3)c(O)c12. The van der Waals surface area contributed by atoms with Crippen molar-refractivity contribution in [3.05, 3.63) is 60.7 Å². The predicted octanol–water partition coefficient (Wildman–Crippen LogP) is 2.98. The zero-order valence-corrected chi connectivity index (χ0v) is 27.4. The fraction of sp³-hybridized carbons (Fsp3) is 0.154. The van der Waals surface area contributed by atoms with Crippen molar-refractivity contribution in [1.29, 1.82) is 0 Å². The van der Waals surface area contributed by atoms with E-state index in [0.717, 1.165) is 24.3 Å². The summed E-state index contributed by atoms with van der Waals surface area (Å²) in [5.74, 6) is -2.10. The molecule has 48 heavy (non-hydrogen) atoms. The molecule has 0 unspecified atom stereocenters. The highest BCUT2D eigenvalue weighted by Crippen LogP contribution is 2.48. The third-order valence-electron chi connectivity index (χ3n) is 6.51. The number of aliphatic hydroxyl groups is 2. The number of nitrogen functional groups attached to an aromatic ring is 1. The van der Waals surface area contributed by atoms with Crippen molar-refractivity contribution >= 4 is 79.1 Å². The van der Waals surface area contributed by atoms with E-state index in [1.54, 1.807) is 0 Å². The second-order valence-corrected chi connectivity index (χ2v) is 16.7. The van der Waals surface area contributed by atoms with E-state index >= 15 is 0 Å². The van der Waals surface area contributed by atoms with Crippen molar-refractivity contribution in [3.63, 3.8) is 0 Å². The molecule has 0 saturated carbocycles. The maximum Gasteiger partial charge on any atom is 0.296 e. The minimum Gasteiger partial charge on any atom is -0.505 e. The predicted molar refractivity (Wildman–Crippen MR) is 169 cm³/mol. The minimum absolute atomic E-state index is 0.0191. The summed E-state index contributed by atoms with van der Waals surface area (Å²) in [5, 5.41) is 43.3. The maximum absolute atomic E-state index is 12.3. The van der Waals surface area contributed by atoms with Crippen LogP contribution >= 0.6 is 0 Å². The third kappa shape index (κ3) is 7.82. The number of benzene rings is 4. The van der Waals surface area contributed by atoms with Gasteiger partial charge in [-0.15, -0.1) is 10.2 Å². The number of fused-ring (bicyclic) bond motifs is 1. The molecule has 22 heteroatoms. The first-order chi connectivity index (χ1) is 22.3. The first-order valence-electron chi connectivity index (χ1n) is 13.1. The number of hydrogen-bond acceptors (Lipinski definition) is 16. The number of phenolic OH excluding ortho intramolecular Hbond substituents is 1. The zero-order valence-electron chi connectivity index (χ0n) is 24.1. The number of hydrogen-bond donors (Lipinski definition) is 6. The summed E-state index contributed by atoms with van der Waals surface area (Å²) in [6.45, 7) is -1.23. The Morgan fingerprint density at radius 2 is 0.958 bits per heavy atom. The number of aromatic hydroxyl groups is 1. The molecule has 0 heterocycles. The summed E-state index contributed by atoms with van der Waals surface area (Å²) in [7, 11) is -17.9. The van der Waals surface area contributed by atoms with Crippen molar-refractivity contribution in [3.8, 4) is 5.75 Å². The monoisotopic (exact) mass is 743 g/mol. The number of sulfone groups is 2. The molecule has 0 aliphatic rings. The second kappa shape index (κ2) is 13.6. The molecular weight excluding hydrogens is 719 g/mol. The molecule has 0 aromatic heterocycles. The van der Waals surface area contributed by atoms with Crippen LogP contribution in [0.15, 0.2) is 101 Å². The molecule has 0 aliphatic carbocycles. The molecular formula is C26H25N5O13S4. The van der Waals surface area contributed by atoms with Crippen LogP contribution in [0.25, 0.3) is 10.8 Å². The van der Waals surface area contributed by atoms with Gasteiger partial charge in [0.15, 0.2) is 25.4 Å². The van der Waals surface area contributed by atoms with E-state index in [-0.39, 0.29) is 21.2 Å². The highest BCUT2D eigenvalue weighted by Gasteiger charge is 2.28.